The van der Waals surface area contributed by atoms with Crippen LogP contribution < -0.4 is 26.6 Å². The van der Waals surface area contributed by atoms with Gasteiger partial charge < -0.3 is 10.5 Å². The van der Waals surface area contributed by atoms with Crippen LogP contribution in [0.25, 0.3) is 6.08 Å². The molecule has 2 aromatic heterocycles. The number of ketones is 1. The number of rotatable bonds is 6. The minimum atomic E-state index is -0.789. The number of hydrogen-bond donors (Lipinski definition) is 1. The first-order chi connectivity index (χ1) is 17.1. The van der Waals surface area contributed by atoms with Gasteiger partial charge in [-0.1, -0.05) is 29.4 Å². The van der Waals surface area contributed by atoms with E-state index in [2.05, 4.69) is 4.99 Å². The molecule has 1 amide bonds. The maximum absolute atomic E-state index is 13.3. The number of hydrogen-bond acceptors (Lipinski definition) is 9. The molecule has 0 spiro atoms. The lowest BCUT2D eigenvalue weighted by atomic mass is 10.2. The number of thiophene rings is 1. The number of halogens is 1. The summed E-state index contributed by atoms with van der Waals surface area (Å²) in [6.07, 6.45) is 1.65. The smallest absolute Gasteiger partial charge is 0.332 e. The van der Waals surface area contributed by atoms with Crippen LogP contribution in [0.5, 0.6) is 5.75 Å². The molecule has 0 bridgehead atoms. The number of carbonyl (C=O) groups is 2. The fourth-order valence-corrected chi connectivity index (χ4v) is 5.24. The Morgan fingerprint density at radius 1 is 1.22 bits per heavy atom. The van der Waals surface area contributed by atoms with E-state index in [0.29, 0.717) is 16.5 Å². The Kier molecular flexibility index (Phi) is 7.20. The molecule has 186 valence electrons. The first-order valence-corrected chi connectivity index (χ1v) is 12.6. The summed E-state index contributed by atoms with van der Waals surface area (Å²) in [5.74, 6) is -1.06. The van der Waals surface area contributed by atoms with Gasteiger partial charge in [-0.2, -0.15) is 0 Å². The molecule has 1 aliphatic rings. The third-order valence-corrected chi connectivity index (χ3v) is 7.42. The van der Waals surface area contributed by atoms with E-state index < -0.39 is 22.9 Å². The summed E-state index contributed by atoms with van der Waals surface area (Å²) in [5.41, 5.74) is 4.79. The summed E-state index contributed by atoms with van der Waals surface area (Å²) < 4.78 is 7.04. The molecule has 0 atom stereocenters. The molecule has 1 aromatic carbocycles. The summed E-state index contributed by atoms with van der Waals surface area (Å²) in [6.45, 7) is 0. The van der Waals surface area contributed by atoms with Crippen LogP contribution in [0.4, 0.5) is 11.5 Å². The largest absolute Gasteiger partial charge is 0.495 e. The number of aromatic nitrogens is 2. The number of thioether (sulfide) groups is 1. The number of amidine groups is 1. The lowest BCUT2D eigenvalue weighted by molar-refractivity contribution is -0.113. The SMILES string of the molecule is COc1ccc(N2C(=O)C(=Cc3cccs3)N=C2SCC(=O)c2c(N)n(C)c(=O)n(C)c2=O)cc1Cl. The standard InChI is InChI=1S/C23H20ClN5O5S2/c1-27-19(25)18(21(32)28(2)23(27)33)16(30)11-36-22-26-15(10-13-5-4-8-35-13)20(31)29(22)12-6-7-17(34-3)14(24)9-12/h4-10H,11,25H2,1-3H3. The molecule has 0 aliphatic carbocycles. The van der Waals surface area contributed by atoms with Crippen molar-refractivity contribution >= 4 is 69.1 Å². The predicted octanol–water partition coefficient (Wildman–Crippen LogP) is 2.75. The van der Waals surface area contributed by atoms with E-state index in [-0.39, 0.29) is 28.0 Å². The van der Waals surface area contributed by atoms with Gasteiger partial charge in [0.05, 0.1) is 23.6 Å². The first-order valence-electron chi connectivity index (χ1n) is 10.4. The number of carbonyl (C=O) groups excluding carboxylic acids is 2. The fraction of sp³-hybridized carbons (Fsp3) is 0.174. The predicted molar refractivity (Wildman–Crippen MR) is 143 cm³/mol. The van der Waals surface area contributed by atoms with Crippen molar-refractivity contribution in [2.45, 2.75) is 0 Å². The van der Waals surface area contributed by atoms with Crippen molar-refractivity contribution in [1.82, 2.24) is 9.13 Å². The van der Waals surface area contributed by atoms with Gasteiger partial charge in [-0.25, -0.2) is 9.79 Å². The highest BCUT2D eigenvalue weighted by Gasteiger charge is 2.33. The maximum atomic E-state index is 13.3. The van der Waals surface area contributed by atoms with Crippen molar-refractivity contribution in [2.24, 2.45) is 19.1 Å². The molecule has 0 unspecified atom stereocenters. The highest BCUT2D eigenvalue weighted by molar-refractivity contribution is 8.14. The number of aliphatic imine (C=N–C) groups is 1. The molecule has 3 aromatic rings. The molecule has 3 heterocycles. The summed E-state index contributed by atoms with van der Waals surface area (Å²) >= 11 is 8.69. The van der Waals surface area contributed by atoms with Crippen molar-refractivity contribution in [1.29, 1.82) is 0 Å². The van der Waals surface area contributed by atoms with Crippen molar-refractivity contribution in [2.75, 3.05) is 23.5 Å². The fourth-order valence-electron chi connectivity index (χ4n) is 3.45. The van der Waals surface area contributed by atoms with Crippen LogP contribution in [0.3, 0.4) is 0 Å². The van der Waals surface area contributed by atoms with E-state index in [1.54, 1.807) is 24.3 Å². The van der Waals surface area contributed by atoms with E-state index >= 15 is 0 Å². The molecule has 10 nitrogen and oxygen atoms in total. The number of Topliss-reactive ketones (excluding diaryl/α,β-unsaturated/α-hetero) is 1. The minimum Gasteiger partial charge on any atom is -0.495 e. The molecule has 36 heavy (non-hydrogen) atoms. The molecular weight excluding hydrogens is 526 g/mol. The quantitative estimate of drug-likeness (QED) is 0.372. The number of nitrogens with two attached hydrogens (primary N) is 1. The third-order valence-electron chi connectivity index (χ3n) is 5.37. The second-order valence-corrected chi connectivity index (χ2v) is 9.91. The van der Waals surface area contributed by atoms with Gasteiger partial charge >= 0.3 is 5.69 Å². The van der Waals surface area contributed by atoms with Crippen LogP contribution >= 0.6 is 34.7 Å². The molecule has 0 saturated heterocycles. The Balaban J connectivity index is 1.70. The number of methoxy groups -OCH3 is 1. The van der Waals surface area contributed by atoms with E-state index in [1.165, 1.54) is 37.4 Å². The molecule has 1 aliphatic heterocycles. The van der Waals surface area contributed by atoms with E-state index in [4.69, 9.17) is 22.1 Å². The van der Waals surface area contributed by atoms with Gasteiger partial charge in [-0.3, -0.25) is 28.4 Å². The van der Waals surface area contributed by atoms with Crippen molar-refractivity contribution in [3.63, 3.8) is 0 Å². The Hall–Kier alpha value is -3.61. The van der Waals surface area contributed by atoms with Crippen molar-refractivity contribution in [3.05, 3.63) is 77.7 Å². The lowest BCUT2D eigenvalue weighted by Gasteiger charge is -2.18. The lowest BCUT2D eigenvalue weighted by Crippen LogP contribution is -2.42. The number of anilines is 2. The Morgan fingerprint density at radius 3 is 2.61 bits per heavy atom. The molecule has 0 radical (unpaired) electrons. The Labute approximate surface area is 218 Å². The molecule has 0 saturated carbocycles. The average Bonchev–Trinajstić information content (AvgIpc) is 3.48. The third kappa shape index (κ3) is 4.62. The van der Waals surface area contributed by atoms with Gasteiger partial charge in [-0.05, 0) is 35.7 Å². The second-order valence-electron chi connectivity index (χ2n) is 7.58. The minimum absolute atomic E-state index is 0.178. The van der Waals surface area contributed by atoms with Gasteiger partial charge in [0.1, 0.15) is 22.8 Å². The van der Waals surface area contributed by atoms with Crippen LogP contribution in [0.2, 0.25) is 5.02 Å². The number of ether oxygens (including phenoxy) is 1. The van der Waals surface area contributed by atoms with Gasteiger partial charge in [-0.15, -0.1) is 11.3 Å². The van der Waals surface area contributed by atoms with Crippen LogP contribution in [0.1, 0.15) is 15.2 Å². The molecule has 2 N–H and O–H groups in total. The van der Waals surface area contributed by atoms with Gasteiger partial charge in [0.15, 0.2) is 11.0 Å². The highest BCUT2D eigenvalue weighted by Crippen LogP contribution is 2.34. The van der Waals surface area contributed by atoms with Gasteiger partial charge in [0, 0.05) is 19.0 Å². The zero-order chi connectivity index (χ0) is 26.1. The maximum Gasteiger partial charge on any atom is 0.332 e. The summed E-state index contributed by atoms with van der Waals surface area (Å²) in [5, 5.41) is 2.39. The van der Waals surface area contributed by atoms with E-state index in [0.717, 1.165) is 25.8 Å². The van der Waals surface area contributed by atoms with E-state index in [1.807, 2.05) is 17.5 Å². The number of benzene rings is 1. The number of amides is 1. The molecule has 4 rings (SSSR count). The molecule has 13 heteroatoms. The number of nitrogens with zero attached hydrogens (tertiary/aromatic N) is 4. The average molecular weight is 546 g/mol. The summed E-state index contributed by atoms with van der Waals surface area (Å²) in [6, 6.07) is 8.53. The molecule has 0 fully saturated rings. The second kappa shape index (κ2) is 10.2. The van der Waals surface area contributed by atoms with Crippen molar-refractivity contribution in [3.8, 4) is 5.75 Å². The Morgan fingerprint density at radius 2 is 1.97 bits per heavy atom. The van der Waals surface area contributed by atoms with Crippen LogP contribution in [-0.2, 0) is 18.9 Å². The summed E-state index contributed by atoms with van der Waals surface area (Å²) in [4.78, 5) is 57.6. The van der Waals surface area contributed by atoms with Crippen molar-refractivity contribution < 1.29 is 14.3 Å². The first kappa shape index (κ1) is 25.5. The molecular formula is C23H20ClN5O5S2. The van der Waals surface area contributed by atoms with Gasteiger partial charge in [0.2, 0.25) is 0 Å². The van der Waals surface area contributed by atoms with E-state index in [9.17, 15) is 19.2 Å². The normalized spacial score (nSPS) is 14.4. The topological polar surface area (TPSA) is 129 Å². The monoisotopic (exact) mass is 545 g/mol. The summed E-state index contributed by atoms with van der Waals surface area (Å²) in [7, 11) is 4.12. The van der Waals surface area contributed by atoms with Crippen LogP contribution in [0.15, 0.2) is 56.0 Å². The number of nitrogen functional groups attached to an aromatic ring is 1. The van der Waals surface area contributed by atoms with Crippen LogP contribution in [-0.4, -0.2) is 38.9 Å². The van der Waals surface area contributed by atoms with Gasteiger partial charge in [0.25, 0.3) is 11.5 Å². The zero-order valence-electron chi connectivity index (χ0n) is 19.4. The highest BCUT2D eigenvalue weighted by atomic mass is 35.5. The Bertz CT molecular complexity index is 1560. The van der Waals surface area contributed by atoms with Crippen LogP contribution in [0, 0.1) is 0 Å². The zero-order valence-corrected chi connectivity index (χ0v) is 21.7.